The third-order valence-electron chi connectivity index (χ3n) is 4.26. The molecule has 0 unspecified atom stereocenters. The van der Waals surface area contributed by atoms with Crippen LogP contribution in [0.3, 0.4) is 0 Å². The van der Waals surface area contributed by atoms with Gasteiger partial charge in [-0.05, 0) is 24.5 Å². The van der Waals surface area contributed by atoms with Crippen LogP contribution in [0.4, 0.5) is 0 Å². The molecule has 0 bridgehead atoms. The monoisotopic (exact) mass is 327 g/mol. The van der Waals surface area contributed by atoms with Crippen molar-refractivity contribution in [2.45, 2.75) is 32.4 Å². The lowest BCUT2D eigenvalue weighted by molar-refractivity contribution is -0.119. The average molecular weight is 327 g/mol. The molecule has 7 nitrogen and oxygen atoms in total. The van der Waals surface area contributed by atoms with E-state index in [9.17, 15) is 9.59 Å². The number of imidazole rings is 1. The van der Waals surface area contributed by atoms with E-state index < -0.39 is 0 Å². The quantitative estimate of drug-likeness (QED) is 0.921. The number of hydrogen-bond donors (Lipinski definition) is 1. The van der Waals surface area contributed by atoms with Gasteiger partial charge in [0.1, 0.15) is 0 Å². The highest BCUT2D eigenvalue weighted by Gasteiger charge is 2.33. The molecule has 0 aliphatic carbocycles. The van der Waals surface area contributed by atoms with Gasteiger partial charge in [-0.25, -0.2) is 4.98 Å². The SMILES string of the molecule is CC(=O)NCc1ccc([C@@H]2CCCN2C(=O)c2nccn2C)nc1. The van der Waals surface area contributed by atoms with Crippen LogP contribution in [-0.4, -0.2) is 37.8 Å². The predicted molar refractivity (Wildman–Crippen MR) is 88.0 cm³/mol. The molecule has 1 N–H and O–H groups in total. The van der Waals surface area contributed by atoms with Crippen molar-refractivity contribution in [3.63, 3.8) is 0 Å². The van der Waals surface area contributed by atoms with E-state index in [1.807, 2.05) is 24.1 Å². The van der Waals surface area contributed by atoms with Crippen LogP contribution in [0.2, 0.25) is 0 Å². The Bertz CT molecular complexity index is 738. The largest absolute Gasteiger partial charge is 0.352 e. The number of pyridine rings is 1. The standard InChI is InChI=1S/C17H21N5O2/c1-12(23)19-10-13-5-6-14(20-11-13)15-4-3-8-22(15)17(24)16-18-7-9-21(16)2/h5-7,9,11,15H,3-4,8,10H2,1-2H3,(H,19,23)/t15-/m0/s1. The number of aryl methyl sites for hydroxylation is 1. The second kappa shape index (κ2) is 6.82. The third-order valence-corrected chi connectivity index (χ3v) is 4.26. The Labute approximate surface area is 140 Å². The van der Waals surface area contributed by atoms with Gasteiger partial charge >= 0.3 is 0 Å². The topological polar surface area (TPSA) is 80.1 Å². The minimum absolute atomic E-state index is 0.0241. The minimum Gasteiger partial charge on any atom is -0.352 e. The van der Waals surface area contributed by atoms with Gasteiger partial charge in [-0.15, -0.1) is 0 Å². The van der Waals surface area contributed by atoms with Gasteiger partial charge in [-0.2, -0.15) is 0 Å². The number of hydrogen-bond acceptors (Lipinski definition) is 4. The molecule has 0 radical (unpaired) electrons. The van der Waals surface area contributed by atoms with Crippen LogP contribution in [0.5, 0.6) is 0 Å². The third kappa shape index (κ3) is 3.29. The van der Waals surface area contributed by atoms with Gasteiger partial charge in [0.15, 0.2) is 5.82 Å². The molecule has 1 atom stereocenters. The first-order valence-electron chi connectivity index (χ1n) is 8.04. The molecule has 1 fully saturated rings. The lowest BCUT2D eigenvalue weighted by atomic mass is 10.1. The number of aromatic nitrogens is 3. The van der Waals surface area contributed by atoms with Crippen molar-refractivity contribution >= 4 is 11.8 Å². The predicted octanol–water partition coefficient (Wildman–Crippen LogP) is 1.43. The summed E-state index contributed by atoms with van der Waals surface area (Å²) in [6.07, 6.45) is 7.01. The highest BCUT2D eigenvalue weighted by Crippen LogP contribution is 2.31. The summed E-state index contributed by atoms with van der Waals surface area (Å²) in [6, 6.07) is 3.86. The average Bonchev–Trinajstić information content (AvgIpc) is 3.21. The molecule has 0 aromatic carbocycles. The normalized spacial score (nSPS) is 17.1. The number of nitrogens with one attached hydrogen (secondary N) is 1. The molecule has 1 aliphatic heterocycles. The van der Waals surface area contributed by atoms with Crippen molar-refractivity contribution in [2.75, 3.05) is 6.54 Å². The summed E-state index contributed by atoms with van der Waals surface area (Å²) < 4.78 is 1.74. The number of amides is 2. The van der Waals surface area contributed by atoms with Crippen molar-refractivity contribution in [1.29, 1.82) is 0 Å². The second-order valence-corrected chi connectivity index (χ2v) is 6.02. The summed E-state index contributed by atoms with van der Waals surface area (Å²) in [5.41, 5.74) is 1.82. The summed E-state index contributed by atoms with van der Waals surface area (Å²) in [6.45, 7) is 2.66. The molecular weight excluding hydrogens is 306 g/mol. The molecule has 24 heavy (non-hydrogen) atoms. The maximum atomic E-state index is 12.7. The molecule has 3 heterocycles. The Morgan fingerprint density at radius 1 is 1.33 bits per heavy atom. The summed E-state index contributed by atoms with van der Waals surface area (Å²) in [7, 11) is 1.82. The van der Waals surface area contributed by atoms with E-state index >= 15 is 0 Å². The van der Waals surface area contributed by atoms with Gasteiger partial charge in [0, 0.05) is 45.7 Å². The van der Waals surface area contributed by atoms with Crippen LogP contribution in [-0.2, 0) is 18.4 Å². The smallest absolute Gasteiger partial charge is 0.290 e. The Balaban J connectivity index is 1.74. The number of rotatable bonds is 4. The van der Waals surface area contributed by atoms with Gasteiger partial charge in [0.05, 0.1) is 11.7 Å². The highest BCUT2D eigenvalue weighted by molar-refractivity contribution is 5.91. The molecule has 126 valence electrons. The molecule has 0 spiro atoms. The first-order chi connectivity index (χ1) is 11.6. The summed E-state index contributed by atoms with van der Waals surface area (Å²) in [4.78, 5) is 34.2. The fourth-order valence-electron chi connectivity index (χ4n) is 2.98. The lowest BCUT2D eigenvalue weighted by Gasteiger charge is -2.24. The van der Waals surface area contributed by atoms with Gasteiger partial charge in [-0.3, -0.25) is 14.6 Å². The zero-order valence-corrected chi connectivity index (χ0v) is 13.9. The Morgan fingerprint density at radius 3 is 2.79 bits per heavy atom. The zero-order chi connectivity index (χ0) is 17.1. The summed E-state index contributed by atoms with van der Waals surface area (Å²) >= 11 is 0. The molecule has 1 aliphatic rings. The van der Waals surface area contributed by atoms with Crippen LogP contribution in [0, 0.1) is 0 Å². The number of carbonyl (C=O) groups excluding carboxylic acids is 2. The van der Waals surface area contributed by atoms with Crippen LogP contribution >= 0.6 is 0 Å². The van der Waals surface area contributed by atoms with Gasteiger partial charge in [0.25, 0.3) is 5.91 Å². The van der Waals surface area contributed by atoms with Crippen molar-refractivity contribution in [1.82, 2.24) is 24.8 Å². The van der Waals surface area contributed by atoms with E-state index in [0.717, 1.165) is 24.1 Å². The molecule has 7 heteroatoms. The van der Waals surface area contributed by atoms with Crippen molar-refractivity contribution < 1.29 is 9.59 Å². The van der Waals surface area contributed by atoms with Crippen LogP contribution in [0.25, 0.3) is 0 Å². The fourth-order valence-corrected chi connectivity index (χ4v) is 2.98. The Kier molecular flexibility index (Phi) is 4.59. The maximum absolute atomic E-state index is 12.7. The van der Waals surface area contributed by atoms with E-state index in [1.54, 1.807) is 23.2 Å². The first-order valence-corrected chi connectivity index (χ1v) is 8.04. The molecular formula is C17H21N5O2. The van der Waals surface area contributed by atoms with E-state index in [2.05, 4.69) is 15.3 Å². The minimum atomic E-state index is -0.0679. The van der Waals surface area contributed by atoms with E-state index in [4.69, 9.17) is 0 Å². The Morgan fingerprint density at radius 2 is 2.17 bits per heavy atom. The summed E-state index contributed by atoms with van der Waals surface area (Å²) in [5.74, 6) is 0.319. The zero-order valence-electron chi connectivity index (χ0n) is 13.9. The van der Waals surface area contributed by atoms with Crippen molar-refractivity contribution in [3.8, 4) is 0 Å². The van der Waals surface area contributed by atoms with Crippen LogP contribution in [0.15, 0.2) is 30.7 Å². The van der Waals surface area contributed by atoms with Gasteiger partial charge in [-0.1, -0.05) is 6.07 Å². The fraction of sp³-hybridized carbons (Fsp3) is 0.412. The maximum Gasteiger partial charge on any atom is 0.290 e. The highest BCUT2D eigenvalue weighted by atomic mass is 16.2. The molecule has 2 aromatic heterocycles. The number of likely N-dealkylation sites (tertiary alicyclic amines) is 1. The van der Waals surface area contributed by atoms with Crippen LogP contribution < -0.4 is 5.32 Å². The van der Waals surface area contributed by atoms with Crippen molar-refractivity contribution in [2.24, 2.45) is 7.05 Å². The van der Waals surface area contributed by atoms with Gasteiger partial charge < -0.3 is 14.8 Å². The first kappa shape index (κ1) is 16.2. The number of nitrogens with zero attached hydrogens (tertiary/aromatic N) is 4. The van der Waals surface area contributed by atoms with Gasteiger partial charge in [0.2, 0.25) is 5.91 Å². The van der Waals surface area contributed by atoms with Crippen LogP contribution in [0.1, 0.15) is 47.7 Å². The summed E-state index contributed by atoms with van der Waals surface area (Å²) in [5, 5.41) is 2.75. The Hall–Kier alpha value is -2.70. The van der Waals surface area contributed by atoms with Crippen molar-refractivity contribution in [3.05, 3.63) is 47.8 Å². The van der Waals surface area contributed by atoms with E-state index in [1.165, 1.54) is 6.92 Å². The molecule has 2 amide bonds. The second-order valence-electron chi connectivity index (χ2n) is 6.02. The molecule has 3 rings (SSSR count). The molecule has 2 aromatic rings. The van der Waals surface area contributed by atoms with E-state index in [-0.39, 0.29) is 17.9 Å². The van der Waals surface area contributed by atoms with E-state index in [0.29, 0.717) is 18.9 Å². The number of carbonyl (C=O) groups is 2. The molecule has 1 saturated heterocycles. The molecule has 0 saturated carbocycles. The lowest BCUT2D eigenvalue weighted by Crippen LogP contribution is -2.32.